The second kappa shape index (κ2) is 13.3. The van der Waals surface area contributed by atoms with E-state index in [1.165, 1.54) is 86.5 Å². The van der Waals surface area contributed by atoms with Gasteiger partial charge in [0.15, 0.2) is 0 Å². The normalized spacial score (nSPS) is 25.6. The summed E-state index contributed by atoms with van der Waals surface area (Å²) in [6.45, 7) is 2.08. The second-order valence-corrected chi connectivity index (χ2v) is 11.0. The van der Waals surface area contributed by atoms with Crippen molar-refractivity contribution < 1.29 is 4.39 Å². The van der Waals surface area contributed by atoms with Gasteiger partial charge in [0, 0.05) is 0 Å². The van der Waals surface area contributed by atoms with Crippen molar-refractivity contribution in [3.05, 3.63) is 71.8 Å². The zero-order valence-corrected chi connectivity index (χ0v) is 21.4. The minimum absolute atomic E-state index is 0.141. The Kier molecular flexibility index (Phi) is 9.84. The van der Waals surface area contributed by atoms with E-state index in [4.69, 9.17) is 0 Å². The van der Waals surface area contributed by atoms with E-state index in [9.17, 15) is 4.39 Å². The minimum Gasteiger partial charge on any atom is -0.251 e. The van der Waals surface area contributed by atoms with Crippen LogP contribution in [0.5, 0.6) is 0 Å². The lowest BCUT2D eigenvalue weighted by Gasteiger charge is -2.28. The van der Waals surface area contributed by atoms with Crippen molar-refractivity contribution >= 4 is 0 Å². The molecule has 0 aliphatic heterocycles. The fourth-order valence-electron chi connectivity index (χ4n) is 6.33. The Bertz CT molecular complexity index is 846. The summed E-state index contributed by atoms with van der Waals surface area (Å²) < 4.78 is 12.4. The number of aryl methyl sites for hydroxylation is 1. The van der Waals surface area contributed by atoms with Crippen LogP contribution in [0, 0.1) is 17.8 Å². The Balaban J connectivity index is 1.23. The van der Waals surface area contributed by atoms with Gasteiger partial charge in [0.2, 0.25) is 0 Å². The molecule has 0 heterocycles. The third-order valence-corrected chi connectivity index (χ3v) is 8.64. The van der Waals surface area contributed by atoms with Crippen LogP contribution in [0.25, 0.3) is 11.1 Å². The average molecular weight is 461 g/mol. The molecule has 2 aliphatic carbocycles. The summed E-state index contributed by atoms with van der Waals surface area (Å²) in [5.41, 5.74) is 5.66. The first kappa shape index (κ1) is 25.2. The van der Waals surface area contributed by atoms with Gasteiger partial charge in [0.25, 0.3) is 0 Å². The van der Waals surface area contributed by atoms with Crippen LogP contribution < -0.4 is 0 Å². The average Bonchev–Trinajstić information content (AvgIpc) is 2.91. The molecule has 0 nitrogen and oxygen atoms in total. The summed E-state index contributed by atoms with van der Waals surface area (Å²) in [5.74, 6) is 3.19. The van der Waals surface area contributed by atoms with Crippen molar-refractivity contribution in [2.24, 2.45) is 17.8 Å². The van der Waals surface area contributed by atoms with E-state index in [1.807, 2.05) is 0 Å². The topological polar surface area (TPSA) is 0 Å². The van der Waals surface area contributed by atoms with Gasteiger partial charge in [-0.3, -0.25) is 4.39 Å². The Hall–Kier alpha value is -1.89. The van der Waals surface area contributed by atoms with Gasteiger partial charge in [-0.25, -0.2) is 0 Å². The maximum absolute atomic E-state index is 12.4. The van der Waals surface area contributed by atoms with Crippen LogP contribution in [-0.2, 0) is 6.42 Å². The molecule has 184 valence electrons. The standard InChI is InChI=1S/C33H45F/c1-2-3-5-26-13-17-30(18-14-26)32-21-23-33(24-22-32)31-19-15-29(16-20-31)12-11-28-9-7-27(8-10-28)6-4-25-34/h3,5,15-16,19-24,26-28,30H,2,4,6-14,17-18,25H2,1H3/t26-,27-,28-,30-. The fourth-order valence-corrected chi connectivity index (χ4v) is 6.33. The molecular weight excluding hydrogens is 415 g/mol. The molecule has 2 aromatic rings. The van der Waals surface area contributed by atoms with E-state index in [0.717, 1.165) is 42.9 Å². The van der Waals surface area contributed by atoms with Gasteiger partial charge in [-0.2, -0.15) is 0 Å². The number of alkyl halides is 1. The molecule has 0 bridgehead atoms. The lowest BCUT2D eigenvalue weighted by atomic mass is 9.78. The molecule has 2 aromatic carbocycles. The molecule has 4 rings (SSSR count). The zero-order chi connectivity index (χ0) is 23.6. The predicted octanol–water partition coefficient (Wildman–Crippen LogP) is 10.1. The van der Waals surface area contributed by atoms with Crippen molar-refractivity contribution in [2.45, 2.75) is 96.3 Å². The van der Waals surface area contributed by atoms with Crippen LogP contribution >= 0.6 is 0 Å². The van der Waals surface area contributed by atoms with Crippen molar-refractivity contribution in [1.29, 1.82) is 0 Å². The van der Waals surface area contributed by atoms with Crippen LogP contribution in [-0.4, -0.2) is 6.67 Å². The third kappa shape index (κ3) is 7.30. The molecule has 0 aromatic heterocycles. The van der Waals surface area contributed by atoms with E-state index in [2.05, 4.69) is 67.6 Å². The SMILES string of the molecule is CCC=C[C@H]1CC[C@H](c2ccc(-c3ccc(CC[C@H]4CC[C@H](CCCF)CC4)cc3)cc2)CC1. The molecule has 0 amide bonds. The number of allylic oxidation sites excluding steroid dienone is 2. The first-order valence-corrected chi connectivity index (χ1v) is 14.2. The number of hydrogen-bond donors (Lipinski definition) is 0. The Morgan fingerprint density at radius 2 is 1.32 bits per heavy atom. The fraction of sp³-hybridized carbons (Fsp3) is 0.576. The van der Waals surface area contributed by atoms with Crippen molar-refractivity contribution in [1.82, 2.24) is 0 Å². The van der Waals surface area contributed by atoms with Crippen LogP contribution in [0.3, 0.4) is 0 Å². The van der Waals surface area contributed by atoms with Crippen LogP contribution in [0.15, 0.2) is 60.7 Å². The van der Waals surface area contributed by atoms with Crippen molar-refractivity contribution in [3.8, 4) is 11.1 Å². The zero-order valence-electron chi connectivity index (χ0n) is 21.4. The number of hydrogen-bond acceptors (Lipinski definition) is 0. The highest BCUT2D eigenvalue weighted by molar-refractivity contribution is 5.64. The van der Waals surface area contributed by atoms with Crippen LogP contribution in [0.2, 0.25) is 0 Å². The summed E-state index contributed by atoms with van der Waals surface area (Å²) in [7, 11) is 0. The number of rotatable bonds is 10. The number of benzene rings is 2. The van der Waals surface area contributed by atoms with Crippen molar-refractivity contribution in [2.75, 3.05) is 6.67 Å². The van der Waals surface area contributed by atoms with E-state index in [-0.39, 0.29) is 6.67 Å². The first-order chi connectivity index (χ1) is 16.7. The molecule has 2 fully saturated rings. The molecule has 34 heavy (non-hydrogen) atoms. The Morgan fingerprint density at radius 3 is 1.91 bits per heavy atom. The summed E-state index contributed by atoms with van der Waals surface area (Å²) in [4.78, 5) is 0. The number of halogens is 1. The van der Waals surface area contributed by atoms with Gasteiger partial charge in [-0.05, 0) is 104 Å². The molecule has 0 radical (unpaired) electrons. The summed E-state index contributed by atoms with van der Waals surface area (Å²) >= 11 is 0. The second-order valence-electron chi connectivity index (χ2n) is 11.0. The predicted molar refractivity (Wildman–Crippen MR) is 145 cm³/mol. The summed E-state index contributed by atoms with van der Waals surface area (Å²) in [6, 6.07) is 18.7. The molecule has 0 unspecified atom stereocenters. The summed E-state index contributed by atoms with van der Waals surface area (Å²) in [5, 5.41) is 0. The Morgan fingerprint density at radius 1 is 0.735 bits per heavy atom. The molecule has 0 atom stereocenters. The highest BCUT2D eigenvalue weighted by Gasteiger charge is 2.21. The van der Waals surface area contributed by atoms with Gasteiger partial charge < -0.3 is 0 Å². The highest BCUT2D eigenvalue weighted by Crippen LogP contribution is 2.37. The monoisotopic (exact) mass is 460 g/mol. The summed E-state index contributed by atoms with van der Waals surface area (Å²) in [6.07, 6.45) is 21.0. The first-order valence-electron chi connectivity index (χ1n) is 14.2. The third-order valence-electron chi connectivity index (χ3n) is 8.64. The molecule has 0 N–H and O–H groups in total. The molecule has 2 saturated carbocycles. The molecule has 0 saturated heterocycles. The van der Waals surface area contributed by atoms with Crippen LogP contribution in [0.4, 0.5) is 4.39 Å². The molecular formula is C33H45F. The van der Waals surface area contributed by atoms with Crippen LogP contribution in [0.1, 0.15) is 101 Å². The lowest BCUT2D eigenvalue weighted by Crippen LogP contribution is -2.15. The van der Waals surface area contributed by atoms with Crippen molar-refractivity contribution in [3.63, 3.8) is 0 Å². The smallest absolute Gasteiger partial charge is 0.0894 e. The van der Waals surface area contributed by atoms with Gasteiger partial charge in [-0.15, -0.1) is 0 Å². The highest BCUT2D eigenvalue weighted by atomic mass is 19.1. The van der Waals surface area contributed by atoms with Gasteiger partial charge in [-0.1, -0.05) is 93.3 Å². The Labute approximate surface area is 208 Å². The van der Waals surface area contributed by atoms with Gasteiger partial charge in [0.1, 0.15) is 0 Å². The van der Waals surface area contributed by atoms with E-state index < -0.39 is 0 Å². The molecule has 2 aliphatic rings. The molecule has 1 heteroatoms. The van der Waals surface area contributed by atoms with E-state index >= 15 is 0 Å². The largest absolute Gasteiger partial charge is 0.251 e. The molecule has 0 spiro atoms. The van der Waals surface area contributed by atoms with Gasteiger partial charge >= 0.3 is 0 Å². The minimum atomic E-state index is -0.141. The van der Waals surface area contributed by atoms with E-state index in [1.54, 1.807) is 0 Å². The quantitative estimate of drug-likeness (QED) is 0.309. The maximum atomic E-state index is 12.4. The van der Waals surface area contributed by atoms with E-state index in [0.29, 0.717) is 0 Å². The lowest BCUT2D eigenvalue weighted by molar-refractivity contribution is 0.245. The maximum Gasteiger partial charge on any atom is 0.0894 e. The van der Waals surface area contributed by atoms with Gasteiger partial charge in [0.05, 0.1) is 6.67 Å².